The van der Waals surface area contributed by atoms with Crippen molar-refractivity contribution in [2.75, 3.05) is 6.54 Å². The summed E-state index contributed by atoms with van der Waals surface area (Å²) in [6.45, 7) is 3.08. The largest absolute Gasteiger partial charge is 0.330 e. The van der Waals surface area contributed by atoms with Crippen LogP contribution >= 0.6 is 11.3 Å². The van der Waals surface area contributed by atoms with Crippen LogP contribution in [-0.4, -0.2) is 6.54 Å². The molecule has 2 atom stereocenters. The first kappa shape index (κ1) is 8.27. The molecule has 2 heteroatoms. The van der Waals surface area contributed by atoms with E-state index in [-0.39, 0.29) is 0 Å². The van der Waals surface area contributed by atoms with E-state index in [1.807, 2.05) is 11.3 Å². The fourth-order valence-electron chi connectivity index (χ4n) is 2.08. The average Bonchev–Trinajstić information content (AvgIpc) is 2.62. The number of nitrogens with two attached hydrogens (primary N) is 1. The van der Waals surface area contributed by atoms with E-state index in [0.29, 0.717) is 5.92 Å². The number of hydrogen-bond donors (Lipinski definition) is 1. The first-order valence-corrected chi connectivity index (χ1v) is 5.47. The van der Waals surface area contributed by atoms with Crippen molar-refractivity contribution in [1.29, 1.82) is 0 Å². The fourth-order valence-corrected chi connectivity index (χ4v) is 3.05. The molecule has 1 nitrogen and oxygen atoms in total. The molecule has 0 radical (unpaired) electrons. The third-order valence-corrected chi connectivity index (χ3v) is 3.92. The van der Waals surface area contributed by atoms with Crippen LogP contribution in [0, 0.1) is 5.92 Å². The first-order chi connectivity index (χ1) is 5.83. The van der Waals surface area contributed by atoms with Crippen molar-refractivity contribution in [3.05, 3.63) is 21.9 Å². The minimum Gasteiger partial charge on any atom is -0.330 e. The van der Waals surface area contributed by atoms with E-state index in [9.17, 15) is 0 Å². The van der Waals surface area contributed by atoms with Gasteiger partial charge in [-0.3, -0.25) is 0 Å². The summed E-state index contributed by atoms with van der Waals surface area (Å²) in [5.74, 6) is 1.40. The van der Waals surface area contributed by atoms with Crippen LogP contribution in [0.2, 0.25) is 0 Å². The van der Waals surface area contributed by atoms with E-state index in [1.165, 1.54) is 12.8 Å². The minimum absolute atomic E-state index is 0.654. The second kappa shape index (κ2) is 3.19. The molecule has 0 spiro atoms. The van der Waals surface area contributed by atoms with Crippen LogP contribution < -0.4 is 5.73 Å². The summed E-state index contributed by atoms with van der Waals surface area (Å²) in [7, 11) is 0. The third-order valence-electron chi connectivity index (χ3n) is 2.92. The predicted octanol–water partition coefficient (Wildman–Crippen LogP) is 2.37. The second-order valence-corrected chi connectivity index (χ2v) is 4.66. The summed E-state index contributed by atoms with van der Waals surface area (Å²) in [4.78, 5) is 1.60. The van der Waals surface area contributed by atoms with Gasteiger partial charge in [-0.15, -0.1) is 11.3 Å². The van der Waals surface area contributed by atoms with Gasteiger partial charge in [0.25, 0.3) is 0 Å². The molecule has 1 aromatic heterocycles. The normalized spacial score (nSPS) is 24.0. The molecule has 2 unspecified atom stereocenters. The van der Waals surface area contributed by atoms with Gasteiger partial charge in [0, 0.05) is 4.88 Å². The number of rotatable bonds is 2. The lowest BCUT2D eigenvalue weighted by atomic mass is 9.90. The molecule has 12 heavy (non-hydrogen) atoms. The zero-order chi connectivity index (χ0) is 8.55. The maximum absolute atomic E-state index is 5.68. The Kier molecular flexibility index (Phi) is 2.20. The molecule has 66 valence electrons. The molecule has 0 saturated carbocycles. The maximum atomic E-state index is 5.68. The van der Waals surface area contributed by atoms with Gasteiger partial charge in [-0.2, -0.15) is 0 Å². The lowest BCUT2D eigenvalue weighted by Crippen LogP contribution is -2.17. The van der Waals surface area contributed by atoms with Crippen molar-refractivity contribution in [1.82, 2.24) is 0 Å². The van der Waals surface area contributed by atoms with Crippen molar-refractivity contribution in [2.24, 2.45) is 11.7 Å². The first-order valence-electron chi connectivity index (χ1n) is 4.59. The average molecular weight is 181 g/mol. The fraction of sp³-hybridized carbons (Fsp3) is 0.600. The highest BCUT2D eigenvalue weighted by Gasteiger charge is 2.26. The highest BCUT2D eigenvalue weighted by Crippen LogP contribution is 2.40. The van der Waals surface area contributed by atoms with Gasteiger partial charge in [-0.1, -0.05) is 6.92 Å². The Morgan fingerprint density at radius 1 is 1.75 bits per heavy atom. The topological polar surface area (TPSA) is 26.0 Å². The van der Waals surface area contributed by atoms with Crippen LogP contribution in [0.1, 0.15) is 29.7 Å². The molecule has 0 aliphatic heterocycles. The molecule has 1 aliphatic carbocycles. The summed E-state index contributed by atoms with van der Waals surface area (Å²) in [6.07, 6.45) is 2.60. The van der Waals surface area contributed by atoms with Crippen molar-refractivity contribution in [3.8, 4) is 0 Å². The number of fused-ring (bicyclic) bond motifs is 1. The van der Waals surface area contributed by atoms with Crippen molar-refractivity contribution < 1.29 is 0 Å². The highest BCUT2D eigenvalue weighted by atomic mass is 32.1. The SMILES string of the molecule is CC(CN)C1CCc2sccc21. The molecule has 0 fully saturated rings. The van der Waals surface area contributed by atoms with Gasteiger partial charge < -0.3 is 5.73 Å². The van der Waals surface area contributed by atoms with Crippen LogP contribution in [0.5, 0.6) is 0 Å². The van der Waals surface area contributed by atoms with Gasteiger partial charge >= 0.3 is 0 Å². The van der Waals surface area contributed by atoms with Crippen LogP contribution in [0.4, 0.5) is 0 Å². The van der Waals surface area contributed by atoms with Gasteiger partial charge in [0.15, 0.2) is 0 Å². The van der Waals surface area contributed by atoms with Gasteiger partial charge in [-0.05, 0) is 48.2 Å². The summed E-state index contributed by atoms with van der Waals surface area (Å²) in [5, 5.41) is 2.21. The molecular formula is C10H15NS. The standard InChI is InChI=1S/C10H15NS/c1-7(6-11)8-2-3-10-9(8)4-5-12-10/h4-5,7-8H,2-3,6,11H2,1H3. The van der Waals surface area contributed by atoms with Crippen LogP contribution in [0.15, 0.2) is 11.4 Å². The molecule has 2 rings (SSSR count). The molecule has 1 heterocycles. The number of aryl methyl sites for hydroxylation is 1. The Balaban J connectivity index is 2.22. The molecule has 0 aromatic carbocycles. The Labute approximate surface area is 77.6 Å². The highest BCUT2D eigenvalue weighted by molar-refractivity contribution is 7.10. The number of thiophene rings is 1. The summed E-state index contributed by atoms with van der Waals surface area (Å²) < 4.78 is 0. The van der Waals surface area contributed by atoms with E-state index in [1.54, 1.807) is 10.4 Å². The third kappa shape index (κ3) is 1.19. The minimum atomic E-state index is 0.654. The van der Waals surface area contributed by atoms with Gasteiger partial charge in [0.05, 0.1) is 0 Å². The zero-order valence-corrected chi connectivity index (χ0v) is 8.23. The van der Waals surface area contributed by atoms with E-state index < -0.39 is 0 Å². The molecule has 0 bridgehead atoms. The van der Waals surface area contributed by atoms with Crippen molar-refractivity contribution in [3.63, 3.8) is 0 Å². The van der Waals surface area contributed by atoms with E-state index in [2.05, 4.69) is 18.4 Å². The molecule has 1 aliphatic rings. The van der Waals surface area contributed by atoms with Crippen LogP contribution in [0.3, 0.4) is 0 Å². The smallest absolute Gasteiger partial charge is 0.00803 e. The summed E-state index contributed by atoms with van der Waals surface area (Å²) >= 11 is 1.90. The van der Waals surface area contributed by atoms with Gasteiger partial charge in [0.1, 0.15) is 0 Å². The van der Waals surface area contributed by atoms with E-state index in [4.69, 9.17) is 5.73 Å². The zero-order valence-electron chi connectivity index (χ0n) is 7.42. The quantitative estimate of drug-likeness (QED) is 0.744. The molecule has 0 amide bonds. The van der Waals surface area contributed by atoms with Gasteiger partial charge in [-0.25, -0.2) is 0 Å². The van der Waals surface area contributed by atoms with E-state index >= 15 is 0 Å². The summed E-state index contributed by atoms with van der Waals surface area (Å²) in [5.41, 5.74) is 7.26. The Hall–Kier alpha value is -0.340. The Morgan fingerprint density at radius 2 is 2.58 bits per heavy atom. The second-order valence-electron chi connectivity index (χ2n) is 3.66. The molecule has 2 N–H and O–H groups in total. The summed E-state index contributed by atoms with van der Waals surface area (Å²) in [6, 6.07) is 2.28. The maximum Gasteiger partial charge on any atom is 0.00803 e. The van der Waals surface area contributed by atoms with Crippen LogP contribution in [0.25, 0.3) is 0 Å². The lowest BCUT2D eigenvalue weighted by molar-refractivity contribution is 0.466. The predicted molar refractivity (Wildman–Crippen MR) is 53.6 cm³/mol. The van der Waals surface area contributed by atoms with Gasteiger partial charge in [0.2, 0.25) is 0 Å². The Morgan fingerprint density at radius 3 is 3.33 bits per heavy atom. The monoisotopic (exact) mass is 181 g/mol. The van der Waals surface area contributed by atoms with E-state index in [0.717, 1.165) is 12.5 Å². The molecule has 0 saturated heterocycles. The molecule has 1 aromatic rings. The lowest BCUT2D eigenvalue weighted by Gasteiger charge is -2.16. The van der Waals surface area contributed by atoms with Crippen LogP contribution in [-0.2, 0) is 6.42 Å². The van der Waals surface area contributed by atoms with Crippen molar-refractivity contribution >= 4 is 11.3 Å². The number of hydrogen-bond acceptors (Lipinski definition) is 2. The molecular weight excluding hydrogens is 166 g/mol. The van der Waals surface area contributed by atoms with Crippen molar-refractivity contribution in [2.45, 2.75) is 25.7 Å². The Bertz CT molecular complexity index is 267.